The van der Waals surface area contributed by atoms with Crippen LogP contribution in [0.5, 0.6) is 0 Å². The molecule has 1 saturated heterocycles. The third kappa shape index (κ3) is 2.17. The van der Waals surface area contributed by atoms with Gasteiger partial charge >= 0.3 is 0 Å². The van der Waals surface area contributed by atoms with Crippen LogP contribution in [-0.2, 0) is 4.74 Å². The van der Waals surface area contributed by atoms with Crippen molar-refractivity contribution in [1.82, 2.24) is 0 Å². The third-order valence-corrected chi connectivity index (χ3v) is 2.33. The highest BCUT2D eigenvalue weighted by atomic mass is 16.5. The topological polar surface area (TPSA) is 29.5 Å². The fraction of sp³-hybridized carbons (Fsp3) is 1.00. The summed E-state index contributed by atoms with van der Waals surface area (Å²) in [5, 5.41) is 9.06. The van der Waals surface area contributed by atoms with Crippen LogP contribution in [-0.4, -0.2) is 23.4 Å². The van der Waals surface area contributed by atoms with E-state index in [1.807, 2.05) is 6.92 Å². The second kappa shape index (κ2) is 3.11. The van der Waals surface area contributed by atoms with Crippen molar-refractivity contribution in [2.45, 2.75) is 45.3 Å². The summed E-state index contributed by atoms with van der Waals surface area (Å²) < 4.78 is 5.64. The standard InChI is InChI=1S/C9H18O2/c1-7-4-8(2)11-9(3,5-7)6-10/h7-8,10H,4-6H2,1-3H3. The Hall–Kier alpha value is -0.0800. The predicted molar refractivity (Wildman–Crippen MR) is 44.4 cm³/mol. The van der Waals surface area contributed by atoms with Gasteiger partial charge in [0.2, 0.25) is 0 Å². The smallest absolute Gasteiger partial charge is 0.0890 e. The van der Waals surface area contributed by atoms with E-state index in [4.69, 9.17) is 9.84 Å². The van der Waals surface area contributed by atoms with Crippen LogP contribution in [0.2, 0.25) is 0 Å². The molecule has 1 rings (SSSR count). The first-order valence-corrected chi connectivity index (χ1v) is 4.34. The van der Waals surface area contributed by atoms with Crippen molar-refractivity contribution in [3.05, 3.63) is 0 Å². The third-order valence-electron chi connectivity index (χ3n) is 2.33. The molecule has 0 aromatic rings. The molecule has 2 heteroatoms. The van der Waals surface area contributed by atoms with Gasteiger partial charge in [0.1, 0.15) is 0 Å². The molecule has 66 valence electrons. The SMILES string of the molecule is CC1CC(C)OC(C)(CO)C1. The van der Waals surface area contributed by atoms with E-state index in [1.54, 1.807) is 0 Å². The molecule has 0 aliphatic carbocycles. The molecule has 0 aromatic carbocycles. The van der Waals surface area contributed by atoms with Gasteiger partial charge in [0.25, 0.3) is 0 Å². The van der Waals surface area contributed by atoms with Crippen molar-refractivity contribution in [3.63, 3.8) is 0 Å². The largest absolute Gasteiger partial charge is 0.393 e. The summed E-state index contributed by atoms with van der Waals surface area (Å²) in [4.78, 5) is 0. The minimum absolute atomic E-state index is 0.141. The monoisotopic (exact) mass is 158 g/mol. The quantitative estimate of drug-likeness (QED) is 0.627. The molecule has 1 aliphatic heterocycles. The molecule has 3 atom stereocenters. The zero-order chi connectivity index (χ0) is 8.48. The number of hydrogen-bond donors (Lipinski definition) is 1. The van der Waals surface area contributed by atoms with Crippen molar-refractivity contribution in [3.8, 4) is 0 Å². The maximum atomic E-state index is 9.06. The minimum Gasteiger partial charge on any atom is -0.393 e. The first kappa shape index (κ1) is 9.01. The van der Waals surface area contributed by atoms with Crippen molar-refractivity contribution >= 4 is 0 Å². The summed E-state index contributed by atoms with van der Waals surface area (Å²) in [6.45, 7) is 6.41. The molecule has 1 N–H and O–H groups in total. The van der Waals surface area contributed by atoms with E-state index in [9.17, 15) is 0 Å². The van der Waals surface area contributed by atoms with Gasteiger partial charge in [-0.25, -0.2) is 0 Å². The van der Waals surface area contributed by atoms with Crippen molar-refractivity contribution in [2.75, 3.05) is 6.61 Å². The van der Waals surface area contributed by atoms with Gasteiger partial charge in [0, 0.05) is 0 Å². The Kier molecular flexibility index (Phi) is 2.55. The molecule has 0 aromatic heterocycles. The normalized spacial score (nSPS) is 45.8. The van der Waals surface area contributed by atoms with Crippen LogP contribution in [0.25, 0.3) is 0 Å². The number of aliphatic hydroxyl groups is 1. The summed E-state index contributed by atoms with van der Waals surface area (Å²) >= 11 is 0. The van der Waals surface area contributed by atoms with E-state index in [0.29, 0.717) is 12.0 Å². The Labute approximate surface area is 68.6 Å². The molecular weight excluding hydrogens is 140 g/mol. The molecule has 0 bridgehead atoms. The fourth-order valence-electron chi connectivity index (χ4n) is 2.07. The fourth-order valence-corrected chi connectivity index (χ4v) is 2.07. The van der Waals surface area contributed by atoms with E-state index in [1.165, 1.54) is 0 Å². The molecule has 0 amide bonds. The molecule has 2 nitrogen and oxygen atoms in total. The highest BCUT2D eigenvalue weighted by molar-refractivity contribution is 4.83. The maximum Gasteiger partial charge on any atom is 0.0890 e. The van der Waals surface area contributed by atoms with Crippen LogP contribution in [0.3, 0.4) is 0 Å². The summed E-state index contributed by atoms with van der Waals surface area (Å²) in [5.41, 5.74) is -0.281. The Balaban J connectivity index is 2.55. The zero-order valence-electron chi connectivity index (χ0n) is 7.63. The second-order valence-corrected chi connectivity index (χ2v) is 4.08. The molecule has 1 aliphatic rings. The average molecular weight is 158 g/mol. The van der Waals surface area contributed by atoms with Gasteiger partial charge in [-0.15, -0.1) is 0 Å². The highest BCUT2D eigenvalue weighted by Crippen LogP contribution is 2.31. The van der Waals surface area contributed by atoms with Crippen LogP contribution in [0.4, 0.5) is 0 Å². The molecular formula is C9H18O2. The Bertz CT molecular complexity index is 124. The second-order valence-electron chi connectivity index (χ2n) is 4.08. The van der Waals surface area contributed by atoms with Crippen LogP contribution < -0.4 is 0 Å². The lowest BCUT2D eigenvalue weighted by Gasteiger charge is -2.39. The van der Waals surface area contributed by atoms with Crippen LogP contribution in [0.1, 0.15) is 33.6 Å². The molecule has 3 unspecified atom stereocenters. The zero-order valence-corrected chi connectivity index (χ0v) is 7.63. The van der Waals surface area contributed by atoms with E-state index in [0.717, 1.165) is 12.8 Å². The van der Waals surface area contributed by atoms with Gasteiger partial charge in [0.15, 0.2) is 0 Å². The Morgan fingerprint density at radius 3 is 2.64 bits per heavy atom. The van der Waals surface area contributed by atoms with Gasteiger partial charge in [0.05, 0.1) is 18.3 Å². The van der Waals surface area contributed by atoms with Gasteiger partial charge in [-0.2, -0.15) is 0 Å². The van der Waals surface area contributed by atoms with E-state index in [-0.39, 0.29) is 12.2 Å². The van der Waals surface area contributed by atoms with Crippen molar-refractivity contribution in [1.29, 1.82) is 0 Å². The van der Waals surface area contributed by atoms with Gasteiger partial charge in [-0.3, -0.25) is 0 Å². The first-order chi connectivity index (χ1) is 5.06. The lowest BCUT2D eigenvalue weighted by Crippen LogP contribution is -2.43. The summed E-state index contributed by atoms with van der Waals surface area (Å²) in [5.74, 6) is 0.677. The lowest BCUT2D eigenvalue weighted by molar-refractivity contribution is -0.147. The molecule has 1 fully saturated rings. The number of rotatable bonds is 1. The van der Waals surface area contributed by atoms with Gasteiger partial charge in [-0.05, 0) is 32.6 Å². The summed E-state index contributed by atoms with van der Waals surface area (Å²) in [6, 6.07) is 0. The van der Waals surface area contributed by atoms with Crippen LogP contribution >= 0.6 is 0 Å². The summed E-state index contributed by atoms with van der Waals surface area (Å²) in [6.07, 6.45) is 2.40. The van der Waals surface area contributed by atoms with Gasteiger partial charge < -0.3 is 9.84 Å². The first-order valence-electron chi connectivity index (χ1n) is 4.34. The van der Waals surface area contributed by atoms with Crippen LogP contribution in [0.15, 0.2) is 0 Å². The Morgan fingerprint density at radius 2 is 2.18 bits per heavy atom. The van der Waals surface area contributed by atoms with Gasteiger partial charge in [-0.1, -0.05) is 6.92 Å². The average Bonchev–Trinajstić information content (AvgIpc) is 1.84. The number of aliphatic hydroxyl groups excluding tert-OH is 1. The number of ether oxygens (including phenoxy) is 1. The molecule has 1 heterocycles. The van der Waals surface area contributed by atoms with Crippen molar-refractivity contribution < 1.29 is 9.84 Å². The number of hydrogen-bond acceptors (Lipinski definition) is 2. The van der Waals surface area contributed by atoms with E-state index in [2.05, 4.69) is 13.8 Å². The van der Waals surface area contributed by atoms with Crippen LogP contribution in [0, 0.1) is 5.92 Å². The Morgan fingerprint density at radius 1 is 1.55 bits per heavy atom. The highest BCUT2D eigenvalue weighted by Gasteiger charge is 2.33. The molecule has 11 heavy (non-hydrogen) atoms. The predicted octanol–water partition coefficient (Wildman–Crippen LogP) is 1.57. The summed E-state index contributed by atoms with van der Waals surface area (Å²) in [7, 11) is 0. The molecule has 0 saturated carbocycles. The van der Waals surface area contributed by atoms with E-state index < -0.39 is 0 Å². The van der Waals surface area contributed by atoms with E-state index >= 15 is 0 Å². The molecule has 0 radical (unpaired) electrons. The maximum absolute atomic E-state index is 9.06. The lowest BCUT2D eigenvalue weighted by atomic mass is 9.86. The van der Waals surface area contributed by atoms with Crippen molar-refractivity contribution in [2.24, 2.45) is 5.92 Å². The molecule has 0 spiro atoms. The minimum atomic E-state index is -0.281.